The number of hydrogen-bond donors (Lipinski definition) is 1. The van der Waals surface area contributed by atoms with Gasteiger partial charge in [-0.05, 0) is 56.3 Å². The van der Waals surface area contributed by atoms with E-state index >= 15 is 0 Å². The van der Waals surface area contributed by atoms with E-state index in [1.807, 2.05) is 6.07 Å². The fraction of sp³-hybridized carbons (Fsp3) is 0.625. The Hall–Kier alpha value is -0.0900. The monoisotopic (exact) mass is 358 g/mol. The van der Waals surface area contributed by atoms with Crippen molar-refractivity contribution in [2.24, 2.45) is 5.73 Å². The molecule has 1 aliphatic rings. The number of rotatable bonds is 5. The molecule has 112 valence electrons. The van der Waals surface area contributed by atoms with E-state index in [4.69, 9.17) is 17.3 Å². The largest absolute Gasteiger partial charge is 0.328 e. The molecule has 0 atom stereocenters. The molecular weight excluding hydrogens is 336 g/mol. The van der Waals surface area contributed by atoms with Crippen LogP contribution in [-0.4, -0.2) is 23.5 Å². The zero-order chi connectivity index (χ0) is 14.5. The van der Waals surface area contributed by atoms with E-state index in [2.05, 4.69) is 39.9 Å². The van der Waals surface area contributed by atoms with Crippen LogP contribution < -0.4 is 5.73 Å². The van der Waals surface area contributed by atoms with E-state index in [1.54, 1.807) is 0 Å². The van der Waals surface area contributed by atoms with E-state index in [1.165, 1.54) is 24.8 Å². The van der Waals surface area contributed by atoms with Gasteiger partial charge < -0.3 is 5.73 Å². The second-order valence-corrected chi connectivity index (χ2v) is 7.10. The lowest BCUT2D eigenvalue weighted by Crippen LogP contribution is -2.40. The Bertz CT molecular complexity index is 430. The van der Waals surface area contributed by atoms with Crippen LogP contribution in [0.4, 0.5) is 0 Å². The van der Waals surface area contributed by atoms with Crippen LogP contribution in [0.5, 0.6) is 0 Å². The molecule has 2 rings (SSSR count). The number of hydrogen-bond acceptors (Lipinski definition) is 2. The van der Waals surface area contributed by atoms with Gasteiger partial charge in [0.15, 0.2) is 0 Å². The first kappa shape index (κ1) is 16.3. The van der Waals surface area contributed by atoms with Crippen LogP contribution >= 0.6 is 27.5 Å². The van der Waals surface area contributed by atoms with Crippen molar-refractivity contribution in [1.82, 2.24) is 4.90 Å². The van der Waals surface area contributed by atoms with Gasteiger partial charge in [-0.3, -0.25) is 4.90 Å². The molecule has 2 nitrogen and oxygen atoms in total. The van der Waals surface area contributed by atoms with Crippen LogP contribution in [0, 0.1) is 0 Å². The van der Waals surface area contributed by atoms with E-state index in [0.717, 1.165) is 35.4 Å². The van der Waals surface area contributed by atoms with E-state index in [-0.39, 0.29) is 0 Å². The second-order valence-electron chi connectivity index (χ2n) is 5.77. The predicted molar refractivity (Wildman–Crippen MR) is 90.1 cm³/mol. The van der Waals surface area contributed by atoms with Gasteiger partial charge in [0.2, 0.25) is 0 Å². The molecule has 0 aliphatic heterocycles. The normalized spacial score (nSPS) is 23.2. The van der Waals surface area contributed by atoms with Crippen LogP contribution in [-0.2, 0) is 6.54 Å². The predicted octanol–water partition coefficient (Wildman–Crippen LogP) is 4.58. The molecule has 1 aliphatic carbocycles. The highest BCUT2D eigenvalue weighted by molar-refractivity contribution is 9.10. The summed E-state index contributed by atoms with van der Waals surface area (Å²) in [6, 6.07) is 7.25. The first-order chi connectivity index (χ1) is 9.60. The molecule has 0 amide bonds. The lowest BCUT2D eigenvalue weighted by atomic mass is 9.90. The van der Waals surface area contributed by atoms with Gasteiger partial charge in [0.05, 0.1) is 0 Å². The number of halogens is 2. The van der Waals surface area contributed by atoms with Crippen molar-refractivity contribution in [3.8, 4) is 0 Å². The highest BCUT2D eigenvalue weighted by Crippen LogP contribution is 2.27. The van der Waals surface area contributed by atoms with Gasteiger partial charge in [-0.15, -0.1) is 0 Å². The molecule has 2 N–H and O–H groups in total. The highest BCUT2D eigenvalue weighted by Gasteiger charge is 2.24. The average molecular weight is 360 g/mol. The zero-order valence-corrected chi connectivity index (χ0v) is 14.5. The molecule has 4 heteroatoms. The Kier molecular flexibility index (Phi) is 6.34. The topological polar surface area (TPSA) is 29.3 Å². The Morgan fingerprint density at radius 1 is 1.30 bits per heavy atom. The fourth-order valence-electron chi connectivity index (χ4n) is 3.01. The lowest BCUT2D eigenvalue weighted by molar-refractivity contribution is 0.142. The Morgan fingerprint density at radius 3 is 2.60 bits per heavy atom. The Balaban J connectivity index is 2.04. The van der Waals surface area contributed by atoms with Crippen LogP contribution in [0.15, 0.2) is 22.7 Å². The van der Waals surface area contributed by atoms with Crippen molar-refractivity contribution in [3.63, 3.8) is 0 Å². The van der Waals surface area contributed by atoms with Gasteiger partial charge in [-0.1, -0.05) is 40.5 Å². The molecule has 0 radical (unpaired) electrons. The molecule has 20 heavy (non-hydrogen) atoms. The molecule has 0 spiro atoms. The van der Waals surface area contributed by atoms with Gasteiger partial charge in [0.25, 0.3) is 0 Å². The number of benzene rings is 1. The first-order valence-electron chi connectivity index (χ1n) is 7.53. The van der Waals surface area contributed by atoms with Crippen LogP contribution in [0.1, 0.15) is 44.6 Å². The molecule has 0 unspecified atom stereocenters. The summed E-state index contributed by atoms with van der Waals surface area (Å²) < 4.78 is 1.04. The van der Waals surface area contributed by atoms with Gasteiger partial charge in [-0.2, -0.15) is 0 Å². The summed E-state index contributed by atoms with van der Waals surface area (Å²) in [5.74, 6) is 0. The fourth-order valence-corrected chi connectivity index (χ4v) is 3.75. The van der Waals surface area contributed by atoms with Crippen LogP contribution in [0.25, 0.3) is 0 Å². The third-order valence-corrected chi connectivity index (χ3v) is 5.00. The molecule has 0 saturated heterocycles. The Morgan fingerprint density at radius 2 is 2.00 bits per heavy atom. The van der Waals surface area contributed by atoms with Gasteiger partial charge >= 0.3 is 0 Å². The summed E-state index contributed by atoms with van der Waals surface area (Å²) in [5, 5.41) is 0.855. The van der Waals surface area contributed by atoms with Crippen molar-refractivity contribution in [1.29, 1.82) is 0 Å². The summed E-state index contributed by atoms with van der Waals surface area (Å²) in [7, 11) is 0. The number of nitrogens with two attached hydrogens (primary N) is 1. The van der Waals surface area contributed by atoms with Gasteiger partial charge in [0, 0.05) is 28.1 Å². The zero-order valence-electron chi connectivity index (χ0n) is 12.1. The minimum Gasteiger partial charge on any atom is -0.328 e. The van der Waals surface area contributed by atoms with Crippen molar-refractivity contribution in [2.75, 3.05) is 6.54 Å². The van der Waals surface area contributed by atoms with E-state index in [0.29, 0.717) is 12.1 Å². The SMILES string of the molecule is CCCN(Cc1ccc(Br)cc1Cl)C1CCC(N)CC1. The molecule has 1 fully saturated rings. The van der Waals surface area contributed by atoms with Crippen molar-refractivity contribution in [2.45, 2.75) is 57.7 Å². The maximum atomic E-state index is 6.36. The summed E-state index contributed by atoms with van der Waals surface area (Å²) in [4.78, 5) is 2.58. The lowest BCUT2D eigenvalue weighted by Gasteiger charge is -2.36. The quantitative estimate of drug-likeness (QED) is 0.833. The third-order valence-electron chi connectivity index (χ3n) is 4.16. The minimum atomic E-state index is 0.408. The maximum absolute atomic E-state index is 6.36. The summed E-state index contributed by atoms with van der Waals surface area (Å²) in [6.45, 7) is 4.32. The van der Waals surface area contributed by atoms with Gasteiger partial charge in [-0.25, -0.2) is 0 Å². The van der Waals surface area contributed by atoms with Gasteiger partial charge in [0.1, 0.15) is 0 Å². The molecular formula is C16H24BrClN2. The molecule has 0 bridgehead atoms. The molecule has 1 saturated carbocycles. The van der Waals surface area contributed by atoms with Crippen LogP contribution in [0.3, 0.4) is 0 Å². The minimum absolute atomic E-state index is 0.408. The van der Waals surface area contributed by atoms with Crippen LogP contribution in [0.2, 0.25) is 5.02 Å². The summed E-state index contributed by atoms with van der Waals surface area (Å²) in [5.41, 5.74) is 7.24. The standard InChI is InChI=1S/C16H24BrClN2/c1-2-9-20(15-7-5-14(19)6-8-15)11-12-3-4-13(17)10-16(12)18/h3-4,10,14-15H,2,5-9,11,19H2,1H3. The first-order valence-corrected chi connectivity index (χ1v) is 8.70. The summed E-state index contributed by atoms with van der Waals surface area (Å²) in [6.07, 6.45) is 5.92. The van der Waals surface area contributed by atoms with E-state index < -0.39 is 0 Å². The number of nitrogens with zero attached hydrogens (tertiary/aromatic N) is 1. The Labute approximate surface area is 135 Å². The van der Waals surface area contributed by atoms with Crippen molar-refractivity contribution in [3.05, 3.63) is 33.3 Å². The summed E-state index contributed by atoms with van der Waals surface area (Å²) >= 11 is 9.82. The molecule has 0 aromatic heterocycles. The van der Waals surface area contributed by atoms with Crippen molar-refractivity contribution >= 4 is 27.5 Å². The molecule has 0 heterocycles. The third kappa shape index (κ3) is 4.45. The maximum Gasteiger partial charge on any atom is 0.0462 e. The molecule has 1 aromatic rings. The second kappa shape index (κ2) is 7.79. The average Bonchev–Trinajstić information content (AvgIpc) is 2.42. The van der Waals surface area contributed by atoms with Crippen molar-refractivity contribution < 1.29 is 0 Å². The van der Waals surface area contributed by atoms with E-state index in [9.17, 15) is 0 Å². The highest BCUT2D eigenvalue weighted by atomic mass is 79.9. The smallest absolute Gasteiger partial charge is 0.0462 e. The molecule has 1 aromatic carbocycles.